The van der Waals surface area contributed by atoms with Crippen LogP contribution in [0.3, 0.4) is 0 Å². The predicted octanol–water partition coefficient (Wildman–Crippen LogP) is 1.82. The minimum absolute atomic E-state index is 0.0708. The highest BCUT2D eigenvalue weighted by Gasteiger charge is 2.34. The van der Waals surface area contributed by atoms with Crippen LogP contribution in [0.5, 0.6) is 0 Å². The molecule has 1 aliphatic carbocycles. The Balaban J connectivity index is 1.34. The van der Waals surface area contributed by atoms with Gasteiger partial charge in [-0.15, -0.1) is 34.4 Å². The fourth-order valence-corrected chi connectivity index (χ4v) is 5.84. The Labute approximate surface area is 163 Å². The number of fused-ring (bicyclic) bond motifs is 1. The highest BCUT2D eigenvalue weighted by Crippen LogP contribution is 2.34. The first-order chi connectivity index (χ1) is 12.6. The number of thiophene rings is 2. The van der Waals surface area contributed by atoms with Crippen molar-refractivity contribution in [2.75, 3.05) is 18.1 Å². The van der Waals surface area contributed by atoms with Crippen LogP contribution in [0.1, 0.15) is 22.5 Å². The summed E-state index contributed by atoms with van der Waals surface area (Å²) in [6.45, 7) is 0.395. The molecular weight excluding hydrogens is 390 g/mol. The lowest BCUT2D eigenvalue weighted by Gasteiger charge is -2.24. The number of hydrogen-bond donors (Lipinski definition) is 3. The Kier molecular flexibility index (Phi) is 5.19. The summed E-state index contributed by atoms with van der Waals surface area (Å²) in [6.07, 6.45) is 2.13. The third-order valence-corrected chi connectivity index (χ3v) is 7.78. The van der Waals surface area contributed by atoms with E-state index in [2.05, 4.69) is 16.0 Å². The monoisotopic (exact) mass is 409 g/mol. The van der Waals surface area contributed by atoms with Crippen molar-refractivity contribution in [3.8, 4) is 0 Å². The molecule has 3 N–H and O–H groups in total. The van der Waals surface area contributed by atoms with Crippen molar-refractivity contribution in [3.05, 3.63) is 22.4 Å². The number of rotatable bonds is 6. The van der Waals surface area contributed by atoms with Gasteiger partial charge in [-0.05, 0) is 36.3 Å². The predicted molar refractivity (Wildman–Crippen MR) is 106 cm³/mol. The van der Waals surface area contributed by atoms with Crippen molar-refractivity contribution in [2.24, 2.45) is 5.92 Å². The zero-order valence-electron chi connectivity index (χ0n) is 13.9. The van der Waals surface area contributed by atoms with Gasteiger partial charge in [0.05, 0.1) is 14.6 Å². The SMILES string of the molecule is O=C1CSC[C@@H](C(=O)NCC(NC(=O)c2cc3ccsc3s2)C2CC2)N1. The molecule has 0 radical (unpaired) electrons. The molecule has 3 heterocycles. The minimum Gasteiger partial charge on any atom is -0.352 e. The fraction of sp³-hybridized carbons (Fsp3) is 0.471. The molecular formula is C17H19N3O3S3. The molecule has 1 aliphatic heterocycles. The number of hydrogen-bond acceptors (Lipinski definition) is 6. The summed E-state index contributed by atoms with van der Waals surface area (Å²) in [4.78, 5) is 37.0. The van der Waals surface area contributed by atoms with Gasteiger partial charge >= 0.3 is 0 Å². The van der Waals surface area contributed by atoms with Crippen LogP contribution in [0.15, 0.2) is 17.5 Å². The number of thioether (sulfide) groups is 1. The Hall–Kier alpha value is -1.58. The molecule has 2 atom stereocenters. The lowest BCUT2D eigenvalue weighted by Crippen LogP contribution is -2.54. The van der Waals surface area contributed by atoms with E-state index in [1.54, 1.807) is 11.3 Å². The van der Waals surface area contributed by atoms with E-state index in [1.807, 2.05) is 17.5 Å². The molecule has 1 saturated carbocycles. The van der Waals surface area contributed by atoms with Crippen molar-refractivity contribution in [2.45, 2.75) is 24.9 Å². The van der Waals surface area contributed by atoms with Gasteiger partial charge in [-0.25, -0.2) is 0 Å². The highest BCUT2D eigenvalue weighted by molar-refractivity contribution is 8.00. The van der Waals surface area contributed by atoms with E-state index in [-0.39, 0.29) is 23.8 Å². The molecule has 1 saturated heterocycles. The molecule has 1 unspecified atom stereocenters. The smallest absolute Gasteiger partial charge is 0.261 e. The zero-order chi connectivity index (χ0) is 18.1. The van der Waals surface area contributed by atoms with Crippen molar-refractivity contribution >= 4 is 61.6 Å². The van der Waals surface area contributed by atoms with E-state index < -0.39 is 6.04 Å². The first kappa shape index (κ1) is 17.8. The van der Waals surface area contributed by atoms with E-state index >= 15 is 0 Å². The maximum atomic E-state index is 12.6. The van der Waals surface area contributed by atoms with Gasteiger partial charge in [-0.2, -0.15) is 0 Å². The molecule has 9 heteroatoms. The van der Waals surface area contributed by atoms with Gasteiger partial charge in [0.15, 0.2) is 0 Å². The maximum Gasteiger partial charge on any atom is 0.261 e. The summed E-state index contributed by atoms with van der Waals surface area (Å²) in [6, 6.07) is 3.38. The molecule has 0 bridgehead atoms. The molecule has 0 spiro atoms. The van der Waals surface area contributed by atoms with Gasteiger partial charge in [0.2, 0.25) is 11.8 Å². The molecule has 2 aliphatic rings. The third kappa shape index (κ3) is 4.05. The van der Waals surface area contributed by atoms with Gasteiger partial charge < -0.3 is 16.0 Å². The molecule has 3 amide bonds. The highest BCUT2D eigenvalue weighted by atomic mass is 32.2. The summed E-state index contributed by atoms with van der Waals surface area (Å²) in [7, 11) is 0. The molecule has 4 rings (SSSR count). The number of nitrogens with one attached hydrogen (secondary N) is 3. The molecule has 6 nitrogen and oxygen atoms in total. The Morgan fingerprint density at radius 2 is 2.19 bits per heavy atom. The Bertz CT molecular complexity index is 814. The second kappa shape index (κ2) is 7.58. The van der Waals surface area contributed by atoms with Crippen molar-refractivity contribution in [1.82, 2.24) is 16.0 Å². The van der Waals surface area contributed by atoms with E-state index in [4.69, 9.17) is 0 Å². The van der Waals surface area contributed by atoms with Crippen molar-refractivity contribution < 1.29 is 14.4 Å². The molecule has 138 valence electrons. The largest absolute Gasteiger partial charge is 0.352 e. The van der Waals surface area contributed by atoms with Gasteiger partial charge in [0.25, 0.3) is 5.91 Å². The van der Waals surface area contributed by atoms with Crippen LogP contribution < -0.4 is 16.0 Å². The van der Waals surface area contributed by atoms with Gasteiger partial charge in [-0.1, -0.05) is 0 Å². The number of amides is 3. The number of carbonyl (C=O) groups excluding carboxylic acids is 3. The van der Waals surface area contributed by atoms with Gasteiger partial charge in [0, 0.05) is 23.7 Å². The van der Waals surface area contributed by atoms with Crippen LogP contribution in [-0.4, -0.2) is 47.9 Å². The van der Waals surface area contributed by atoms with Gasteiger partial charge in [-0.3, -0.25) is 14.4 Å². The first-order valence-corrected chi connectivity index (χ1v) is 11.4. The standard InChI is InChI=1S/C17H19N3O3S3/c21-14-8-24-7-12(19-14)15(22)18-6-11(9-1-2-9)20-16(23)13-5-10-3-4-25-17(10)26-13/h3-5,9,11-12H,1-2,6-8H2,(H,18,22)(H,19,21)(H,20,23)/t11?,12-/m0/s1. The van der Waals surface area contributed by atoms with Crippen LogP contribution in [0.2, 0.25) is 0 Å². The molecule has 2 fully saturated rings. The van der Waals surface area contributed by atoms with E-state index in [1.165, 1.54) is 23.1 Å². The van der Waals surface area contributed by atoms with Crippen LogP contribution in [-0.2, 0) is 9.59 Å². The molecule has 2 aromatic rings. The summed E-state index contributed by atoms with van der Waals surface area (Å²) in [5.74, 6) is 1.04. The minimum atomic E-state index is -0.485. The normalized spacial score (nSPS) is 21.2. The average Bonchev–Trinajstić information content (AvgIpc) is 3.24. The second-order valence-electron chi connectivity index (χ2n) is 6.57. The summed E-state index contributed by atoms with van der Waals surface area (Å²) in [5.41, 5.74) is 0. The van der Waals surface area contributed by atoms with Crippen molar-refractivity contribution in [1.29, 1.82) is 0 Å². The molecule has 26 heavy (non-hydrogen) atoms. The summed E-state index contributed by atoms with van der Waals surface area (Å²) in [5, 5.41) is 11.8. The van der Waals surface area contributed by atoms with Crippen molar-refractivity contribution in [3.63, 3.8) is 0 Å². The first-order valence-electron chi connectivity index (χ1n) is 8.53. The quantitative estimate of drug-likeness (QED) is 0.679. The Morgan fingerprint density at radius 1 is 1.35 bits per heavy atom. The summed E-state index contributed by atoms with van der Waals surface area (Å²) < 4.78 is 1.15. The summed E-state index contributed by atoms with van der Waals surface area (Å²) >= 11 is 4.60. The second-order valence-corrected chi connectivity index (χ2v) is 9.83. The van der Waals surface area contributed by atoms with E-state index in [0.29, 0.717) is 28.8 Å². The fourth-order valence-electron chi connectivity index (χ4n) is 2.97. The van der Waals surface area contributed by atoms with E-state index in [9.17, 15) is 14.4 Å². The number of carbonyl (C=O) groups is 3. The molecule has 2 aromatic heterocycles. The lowest BCUT2D eigenvalue weighted by molar-refractivity contribution is -0.127. The third-order valence-electron chi connectivity index (χ3n) is 4.54. The molecule has 0 aromatic carbocycles. The topological polar surface area (TPSA) is 87.3 Å². The van der Waals surface area contributed by atoms with Crippen LogP contribution in [0.4, 0.5) is 0 Å². The van der Waals surface area contributed by atoms with Gasteiger partial charge in [0.1, 0.15) is 6.04 Å². The Morgan fingerprint density at radius 3 is 2.92 bits per heavy atom. The lowest BCUT2D eigenvalue weighted by atomic mass is 10.1. The maximum absolute atomic E-state index is 12.6. The van der Waals surface area contributed by atoms with Crippen LogP contribution in [0, 0.1) is 5.92 Å². The van der Waals surface area contributed by atoms with Crippen LogP contribution >= 0.6 is 34.4 Å². The zero-order valence-corrected chi connectivity index (χ0v) is 16.4. The average molecular weight is 410 g/mol. The van der Waals surface area contributed by atoms with Crippen LogP contribution in [0.25, 0.3) is 9.40 Å². The van der Waals surface area contributed by atoms with E-state index in [0.717, 1.165) is 22.2 Å².